The van der Waals surface area contributed by atoms with Crippen LogP contribution < -0.4 is 0 Å². The van der Waals surface area contributed by atoms with Crippen molar-refractivity contribution in [2.24, 2.45) is 0 Å². The van der Waals surface area contributed by atoms with Gasteiger partial charge < -0.3 is 4.74 Å². The largest absolute Gasteiger partial charge is 0.371 e. The number of carbonyl (C=O) groups excluding carboxylic acids is 1. The average molecular weight is 232 g/mol. The van der Waals surface area contributed by atoms with Crippen LogP contribution in [0, 0.1) is 17.5 Å². The average Bonchev–Trinajstić information content (AvgIpc) is 2.21. The van der Waals surface area contributed by atoms with E-state index in [1.54, 1.807) is 13.8 Å². The minimum atomic E-state index is -1.58. The summed E-state index contributed by atoms with van der Waals surface area (Å²) in [5.74, 6) is -4.94. The molecule has 0 spiro atoms. The SMILES string of the molecule is CC(C)OCC(=O)c1cc(F)c(F)c(F)c1. The third kappa shape index (κ3) is 3.06. The van der Waals surface area contributed by atoms with Crippen molar-refractivity contribution >= 4 is 5.78 Å². The summed E-state index contributed by atoms with van der Waals surface area (Å²) in [7, 11) is 0. The Morgan fingerprint density at radius 1 is 1.25 bits per heavy atom. The number of hydrogen-bond acceptors (Lipinski definition) is 2. The Balaban J connectivity index is 2.84. The molecule has 0 aliphatic rings. The molecule has 16 heavy (non-hydrogen) atoms. The molecule has 88 valence electrons. The van der Waals surface area contributed by atoms with Crippen LogP contribution >= 0.6 is 0 Å². The highest BCUT2D eigenvalue weighted by molar-refractivity contribution is 5.97. The topological polar surface area (TPSA) is 26.3 Å². The van der Waals surface area contributed by atoms with Crippen molar-refractivity contribution in [3.05, 3.63) is 35.1 Å². The van der Waals surface area contributed by atoms with Gasteiger partial charge in [-0.2, -0.15) is 0 Å². The van der Waals surface area contributed by atoms with Crippen LogP contribution in [-0.4, -0.2) is 18.5 Å². The van der Waals surface area contributed by atoms with Gasteiger partial charge in [-0.25, -0.2) is 13.2 Å². The molecule has 1 aromatic rings. The first-order chi connectivity index (χ1) is 7.41. The number of benzene rings is 1. The normalized spacial score (nSPS) is 10.9. The third-order valence-corrected chi connectivity index (χ3v) is 1.85. The maximum absolute atomic E-state index is 12.8. The summed E-state index contributed by atoms with van der Waals surface area (Å²) >= 11 is 0. The van der Waals surface area contributed by atoms with Gasteiger partial charge in [0.15, 0.2) is 23.2 Å². The Morgan fingerprint density at radius 3 is 2.19 bits per heavy atom. The minimum Gasteiger partial charge on any atom is -0.371 e. The van der Waals surface area contributed by atoms with E-state index in [4.69, 9.17) is 4.74 Å². The first-order valence-electron chi connectivity index (χ1n) is 4.71. The zero-order valence-electron chi connectivity index (χ0n) is 8.89. The van der Waals surface area contributed by atoms with Gasteiger partial charge >= 0.3 is 0 Å². The zero-order chi connectivity index (χ0) is 12.3. The van der Waals surface area contributed by atoms with Crippen LogP contribution in [0.1, 0.15) is 24.2 Å². The molecule has 0 amide bonds. The summed E-state index contributed by atoms with van der Waals surface area (Å²) < 4.78 is 43.2. The van der Waals surface area contributed by atoms with Crippen LogP contribution in [0.2, 0.25) is 0 Å². The van der Waals surface area contributed by atoms with E-state index < -0.39 is 23.2 Å². The number of carbonyl (C=O) groups is 1. The summed E-state index contributed by atoms with van der Waals surface area (Å²) in [6.07, 6.45) is -0.168. The minimum absolute atomic E-state index is 0.168. The van der Waals surface area contributed by atoms with Crippen molar-refractivity contribution in [1.82, 2.24) is 0 Å². The van der Waals surface area contributed by atoms with Gasteiger partial charge in [0.1, 0.15) is 6.61 Å². The standard InChI is InChI=1S/C11H11F3O2/c1-6(2)16-5-10(15)7-3-8(12)11(14)9(13)4-7/h3-4,6H,5H2,1-2H3. The molecule has 1 rings (SSSR count). The van der Waals surface area contributed by atoms with E-state index in [2.05, 4.69) is 0 Å². The summed E-state index contributed by atoms with van der Waals surface area (Å²) in [4.78, 5) is 11.4. The number of ether oxygens (including phenoxy) is 1. The highest BCUT2D eigenvalue weighted by Crippen LogP contribution is 2.14. The molecule has 0 saturated carbocycles. The maximum Gasteiger partial charge on any atom is 0.194 e. The zero-order valence-corrected chi connectivity index (χ0v) is 8.89. The van der Waals surface area contributed by atoms with Crippen LogP contribution in [0.5, 0.6) is 0 Å². The van der Waals surface area contributed by atoms with E-state index in [0.29, 0.717) is 12.1 Å². The van der Waals surface area contributed by atoms with Gasteiger partial charge in [0.25, 0.3) is 0 Å². The van der Waals surface area contributed by atoms with E-state index in [1.165, 1.54) is 0 Å². The predicted molar refractivity (Wildman–Crippen MR) is 51.7 cm³/mol. The fourth-order valence-corrected chi connectivity index (χ4v) is 1.04. The number of ketones is 1. The lowest BCUT2D eigenvalue weighted by atomic mass is 10.1. The fourth-order valence-electron chi connectivity index (χ4n) is 1.04. The summed E-state index contributed by atoms with van der Waals surface area (Å²) in [6.45, 7) is 3.15. The second-order valence-corrected chi connectivity index (χ2v) is 3.54. The van der Waals surface area contributed by atoms with Gasteiger partial charge in [-0.15, -0.1) is 0 Å². The first kappa shape index (κ1) is 12.7. The van der Waals surface area contributed by atoms with Crippen molar-refractivity contribution in [3.63, 3.8) is 0 Å². The summed E-state index contributed by atoms with van der Waals surface area (Å²) in [5, 5.41) is 0. The van der Waals surface area contributed by atoms with Gasteiger partial charge in [-0.3, -0.25) is 4.79 Å². The molecule has 0 saturated heterocycles. The second kappa shape index (κ2) is 5.12. The van der Waals surface area contributed by atoms with Crippen LogP contribution in [-0.2, 0) is 4.74 Å². The van der Waals surface area contributed by atoms with E-state index in [-0.39, 0.29) is 18.3 Å². The molecule has 0 N–H and O–H groups in total. The van der Waals surface area contributed by atoms with Crippen molar-refractivity contribution in [2.45, 2.75) is 20.0 Å². The molecule has 0 unspecified atom stereocenters. The molecule has 0 aromatic heterocycles. The van der Waals surface area contributed by atoms with Gasteiger partial charge in [-0.05, 0) is 26.0 Å². The Labute approximate surface area is 91.0 Å². The van der Waals surface area contributed by atoms with E-state index in [0.717, 1.165) is 0 Å². The van der Waals surface area contributed by atoms with E-state index in [9.17, 15) is 18.0 Å². The molecular formula is C11H11F3O2. The molecule has 1 aromatic carbocycles. The fraction of sp³-hybridized carbons (Fsp3) is 0.364. The van der Waals surface area contributed by atoms with Crippen molar-refractivity contribution in [1.29, 1.82) is 0 Å². The molecule has 0 heterocycles. The third-order valence-electron chi connectivity index (χ3n) is 1.85. The molecule has 0 bridgehead atoms. The Morgan fingerprint density at radius 2 is 1.75 bits per heavy atom. The van der Waals surface area contributed by atoms with Crippen LogP contribution in [0.3, 0.4) is 0 Å². The van der Waals surface area contributed by atoms with Gasteiger partial charge in [-0.1, -0.05) is 0 Å². The number of halogens is 3. The predicted octanol–water partition coefficient (Wildman–Crippen LogP) is 2.71. The van der Waals surface area contributed by atoms with Crippen molar-refractivity contribution in [3.8, 4) is 0 Å². The lowest BCUT2D eigenvalue weighted by Crippen LogP contribution is -2.14. The highest BCUT2D eigenvalue weighted by atomic mass is 19.2. The quantitative estimate of drug-likeness (QED) is 0.589. The molecule has 0 aliphatic carbocycles. The lowest BCUT2D eigenvalue weighted by Gasteiger charge is -2.07. The smallest absolute Gasteiger partial charge is 0.194 e. The lowest BCUT2D eigenvalue weighted by molar-refractivity contribution is 0.0584. The van der Waals surface area contributed by atoms with Gasteiger partial charge in [0.2, 0.25) is 0 Å². The Bertz CT molecular complexity index is 379. The van der Waals surface area contributed by atoms with Gasteiger partial charge in [0.05, 0.1) is 6.10 Å². The molecule has 0 radical (unpaired) electrons. The van der Waals surface area contributed by atoms with Crippen LogP contribution in [0.4, 0.5) is 13.2 Å². The van der Waals surface area contributed by atoms with Crippen LogP contribution in [0.15, 0.2) is 12.1 Å². The van der Waals surface area contributed by atoms with Gasteiger partial charge in [0, 0.05) is 5.56 Å². The van der Waals surface area contributed by atoms with Crippen molar-refractivity contribution in [2.75, 3.05) is 6.61 Å². The molecular weight excluding hydrogens is 221 g/mol. The molecule has 0 aliphatic heterocycles. The molecule has 0 fully saturated rings. The number of rotatable bonds is 4. The summed E-state index contributed by atoms with van der Waals surface area (Å²) in [6, 6.07) is 1.31. The summed E-state index contributed by atoms with van der Waals surface area (Å²) in [5.41, 5.74) is -0.239. The van der Waals surface area contributed by atoms with E-state index in [1.807, 2.05) is 0 Å². The first-order valence-corrected chi connectivity index (χ1v) is 4.71. The highest BCUT2D eigenvalue weighted by Gasteiger charge is 2.15. The van der Waals surface area contributed by atoms with E-state index >= 15 is 0 Å². The molecule has 0 atom stereocenters. The van der Waals surface area contributed by atoms with Crippen LogP contribution in [0.25, 0.3) is 0 Å². The van der Waals surface area contributed by atoms with Crippen molar-refractivity contribution < 1.29 is 22.7 Å². The Kier molecular flexibility index (Phi) is 4.06. The molecule has 5 heteroatoms. The number of hydrogen-bond donors (Lipinski definition) is 0. The second-order valence-electron chi connectivity index (χ2n) is 3.54. The Hall–Kier alpha value is -1.36. The maximum atomic E-state index is 12.8. The monoisotopic (exact) mass is 232 g/mol. The molecule has 2 nitrogen and oxygen atoms in total. The number of Topliss-reactive ketones (excluding diaryl/α,β-unsaturated/α-hetero) is 1.